The number of para-hydroxylation sites is 1. The Kier molecular flexibility index (Phi) is 5.71. The van der Waals surface area contributed by atoms with Crippen molar-refractivity contribution in [1.82, 2.24) is 4.98 Å². The number of carbonyl (C=O) groups is 2. The number of aliphatic hydroxyl groups is 1. The molecule has 1 fully saturated rings. The molecule has 1 atom stereocenters. The van der Waals surface area contributed by atoms with E-state index in [0.29, 0.717) is 11.3 Å². The first kappa shape index (κ1) is 22.2. The molecule has 2 heterocycles. The molecule has 4 rings (SSSR count). The van der Waals surface area contributed by atoms with E-state index < -0.39 is 33.5 Å². The zero-order chi connectivity index (χ0) is 23.8. The fraction of sp³-hybridized carbons (Fsp3) is 0.0870. The number of rotatable bonds is 5. The van der Waals surface area contributed by atoms with Crippen LogP contribution >= 0.6 is 0 Å². The third kappa shape index (κ3) is 3.97. The van der Waals surface area contributed by atoms with Gasteiger partial charge in [0.1, 0.15) is 11.5 Å². The van der Waals surface area contributed by atoms with E-state index in [1.54, 1.807) is 36.4 Å². The fourth-order valence-electron chi connectivity index (χ4n) is 3.73. The van der Waals surface area contributed by atoms with E-state index >= 15 is 0 Å². The number of anilines is 1. The van der Waals surface area contributed by atoms with Crippen LogP contribution in [0.5, 0.6) is 5.75 Å². The minimum Gasteiger partial charge on any atom is -0.507 e. The molecule has 0 spiro atoms. The molecule has 168 valence electrons. The molecule has 3 aromatic rings. The SMILES string of the molecule is COc1ccccc1/C(O)=C1\C(=O)C(=O)N(c2ccc(S(N)(=O)=O)cc2)C1c1cccnc1. The summed E-state index contributed by atoms with van der Waals surface area (Å²) < 4.78 is 28.5. The average molecular weight is 465 g/mol. The van der Waals surface area contributed by atoms with Crippen molar-refractivity contribution >= 4 is 33.2 Å². The molecule has 1 saturated heterocycles. The Balaban J connectivity index is 1.93. The predicted octanol–water partition coefficient (Wildman–Crippen LogP) is 2.36. The van der Waals surface area contributed by atoms with E-state index in [-0.39, 0.29) is 21.7 Å². The molecule has 1 aliphatic heterocycles. The molecule has 3 N–H and O–H groups in total. The number of Topliss-reactive ketones (excluding diaryl/α,β-unsaturated/α-hetero) is 1. The number of carbonyl (C=O) groups excluding carboxylic acids is 2. The van der Waals surface area contributed by atoms with Crippen LogP contribution in [0.3, 0.4) is 0 Å². The van der Waals surface area contributed by atoms with Crippen LogP contribution in [0.15, 0.2) is 83.5 Å². The summed E-state index contributed by atoms with van der Waals surface area (Å²) in [5.41, 5.74) is 0.825. The van der Waals surface area contributed by atoms with Gasteiger partial charge < -0.3 is 9.84 Å². The standard InChI is InChI=1S/C23H19N3O6S/c1-32-18-7-3-2-6-17(18)21(27)19-20(14-5-4-12-25-13-14)26(23(29)22(19)28)15-8-10-16(11-9-15)33(24,30)31/h2-13,20,27H,1H3,(H2,24,30,31)/b21-19+. The summed E-state index contributed by atoms with van der Waals surface area (Å²) in [4.78, 5) is 31.4. The van der Waals surface area contributed by atoms with Gasteiger partial charge >= 0.3 is 0 Å². The van der Waals surface area contributed by atoms with Gasteiger partial charge in [-0.2, -0.15) is 0 Å². The smallest absolute Gasteiger partial charge is 0.300 e. The van der Waals surface area contributed by atoms with Crippen LogP contribution < -0.4 is 14.8 Å². The van der Waals surface area contributed by atoms with Gasteiger partial charge in [-0.3, -0.25) is 19.5 Å². The zero-order valence-corrected chi connectivity index (χ0v) is 18.2. The van der Waals surface area contributed by atoms with E-state index in [2.05, 4.69) is 4.98 Å². The maximum atomic E-state index is 13.1. The van der Waals surface area contributed by atoms with Crippen molar-refractivity contribution in [3.63, 3.8) is 0 Å². The molecule has 9 nitrogen and oxygen atoms in total. The zero-order valence-electron chi connectivity index (χ0n) is 17.4. The average Bonchev–Trinajstić information content (AvgIpc) is 3.09. The molecular weight excluding hydrogens is 446 g/mol. The molecule has 1 amide bonds. The number of amides is 1. The summed E-state index contributed by atoms with van der Waals surface area (Å²) in [7, 11) is -2.52. The summed E-state index contributed by atoms with van der Waals surface area (Å²) in [6, 6.07) is 14.1. The van der Waals surface area contributed by atoms with E-state index in [1.165, 1.54) is 48.7 Å². The summed E-state index contributed by atoms with van der Waals surface area (Å²) in [6.07, 6.45) is 3.02. The maximum Gasteiger partial charge on any atom is 0.300 e. The van der Waals surface area contributed by atoms with Gasteiger partial charge in [-0.1, -0.05) is 18.2 Å². The Morgan fingerprint density at radius 2 is 1.76 bits per heavy atom. The molecule has 2 aromatic carbocycles. The highest BCUT2D eigenvalue weighted by Gasteiger charge is 2.47. The Morgan fingerprint density at radius 1 is 1.06 bits per heavy atom. The van der Waals surface area contributed by atoms with Crippen LogP contribution in [0.2, 0.25) is 0 Å². The summed E-state index contributed by atoms with van der Waals surface area (Å²) in [6.45, 7) is 0. The van der Waals surface area contributed by atoms with Crippen LogP contribution in [0.4, 0.5) is 5.69 Å². The minimum atomic E-state index is -3.94. The topological polar surface area (TPSA) is 140 Å². The summed E-state index contributed by atoms with van der Waals surface area (Å²) >= 11 is 0. The fourth-order valence-corrected chi connectivity index (χ4v) is 4.25. The van der Waals surface area contributed by atoms with Crippen LogP contribution in [0, 0.1) is 0 Å². The second-order valence-corrected chi connectivity index (χ2v) is 8.76. The van der Waals surface area contributed by atoms with Gasteiger partial charge in [-0.05, 0) is 48.0 Å². The number of methoxy groups -OCH3 is 1. The summed E-state index contributed by atoms with van der Waals surface area (Å²) in [5.74, 6) is -1.86. The van der Waals surface area contributed by atoms with E-state index in [1.807, 2.05) is 0 Å². The summed E-state index contributed by atoms with van der Waals surface area (Å²) in [5, 5.41) is 16.3. The number of pyridine rings is 1. The van der Waals surface area contributed by atoms with Crippen LogP contribution in [0.25, 0.3) is 5.76 Å². The third-order valence-electron chi connectivity index (χ3n) is 5.25. The van der Waals surface area contributed by atoms with Crippen molar-refractivity contribution in [3.05, 3.63) is 89.8 Å². The monoisotopic (exact) mass is 465 g/mol. The number of sulfonamides is 1. The van der Waals surface area contributed by atoms with Crippen molar-refractivity contribution in [2.75, 3.05) is 12.0 Å². The van der Waals surface area contributed by atoms with Gasteiger partial charge in [0, 0.05) is 18.1 Å². The Bertz CT molecular complexity index is 1370. The number of hydrogen-bond donors (Lipinski definition) is 2. The highest BCUT2D eigenvalue weighted by atomic mass is 32.2. The Hall–Kier alpha value is -4.02. The van der Waals surface area contributed by atoms with Gasteiger partial charge in [-0.25, -0.2) is 13.6 Å². The predicted molar refractivity (Wildman–Crippen MR) is 120 cm³/mol. The van der Waals surface area contributed by atoms with Crippen molar-refractivity contribution in [2.24, 2.45) is 5.14 Å². The molecule has 33 heavy (non-hydrogen) atoms. The van der Waals surface area contributed by atoms with Crippen LogP contribution in [-0.4, -0.2) is 37.3 Å². The Labute approximate surface area is 189 Å². The second kappa shape index (κ2) is 8.49. The lowest BCUT2D eigenvalue weighted by molar-refractivity contribution is -0.132. The van der Waals surface area contributed by atoms with E-state index in [4.69, 9.17) is 9.88 Å². The Morgan fingerprint density at radius 3 is 2.36 bits per heavy atom. The van der Waals surface area contributed by atoms with Gasteiger partial charge in [-0.15, -0.1) is 0 Å². The normalized spacial score (nSPS) is 17.9. The third-order valence-corrected chi connectivity index (χ3v) is 6.18. The number of ether oxygens (including phenoxy) is 1. The van der Waals surface area contributed by atoms with E-state index in [9.17, 15) is 23.1 Å². The molecule has 10 heteroatoms. The number of nitrogens with two attached hydrogens (primary N) is 1. The molecule has 0 radical (unpaired) electrons. The second-order valence-electron chi connectivity index (χ2n) is 7.19. The highest BCUT2D eigenvalue weighted by molar-refractivity contribution is 7.89. The van der Waals surface area contributed by atoms with Gasteiger partial charge in [0.2, 0.25) is 10.0 Å². The maximum absolute atomic E-state index is 13.1. The quantitative estimate of drug-likeness (QED) is 0.335. The lowest BCUT2D eigenvalue weighted by Gasteiger charge is -2.25. The van der Waals surface area contributed by atoms with Gasteiger partial charge in [0.25, 0.3) is 11.7 Å². The molecule has 1 aromatic heterocycles. The molecule has 1 unspecified atom stereocenters. The van der Waals surface area contributed by atoms with Crippen molar-refractivity contribution in [3.8, 4) is 5.75 Å². The number of aromatic nitrogens is 1. The molecular formula is C23H19N3O6S. The number of benzene rings is 2. The van der Waals surface area contributed by atoms with Gasteiger partial charge in [0.15, 0.2) is 0 Å². The number of ketones is 1. The lowest BCUT2D eigenvalue weighted by atomic mass is 9.96. The first-order valence-electron chi connectivity index (χ1n) is 9.71. The van der Waals surface area contributed by atoms with Crippen molar-refractivity contribution in [2.45, 2.75) is 10.9 Å². The number of nitrogens with zero attached hydrogens (tertiary/aromatic N) is 2. The number of primary sulfonamides is 1. The van der Waals surface area contributed by atoms with Gasteiger partial charge in [0.05, 0.1) is 29.2 Å². The minimum absolute atomic E-state index is 0.144. The van der Waals surface area contributed by atoms with Crippen LogP contribution in [-0.2, 0) is 19.6 Å². The molecule has 0 saturated carbocycles. The number of hydrogen-bond acceptors (Lipinski definition) is 7. The van der Waals surface area contributed by atoms with Crippen LogP contribution in [0.1, 0.15) is 17.2 Å². The molecule has 1 aliphatic rings. The highest BCUT2D eigenvalue weighted by Crippen LogP contribution is 2.43. The van der Waals surface area contributed by atoms with Crippen molar-refractivity contribution in [1.29, 1.82) is 0 Å². The number of aliphatic hydroxyl groups excluding tert-OH is 1. The lowest BCUT2D eigenvalue weighted by Crippen LogP contribution is -2.29. The largest absolute Gasteiger partial charge is 0.507 e. The molecule has 0 bridgehead atoms. The van der Waals surface area contributed by atoms with E-state index in [0.717, 1.165) is 0 Å². The first-order chi connectivity index (χ1) is 15.7. The van der Waals surface area contributed by atoms with Crippen molar-refractivity contribution < 1.29 is 27.9 Å². The molecule has 0 aliphatic carbocycles. The first-order valence-corrected chi connectivity index (χ1v) is 11.3.